The van der Waals surface area contributed by atoms with Gasteiger partial charge in [-0.25, -0.2) is 4.98 Å². The first-order valence-corrected chi connectivity index (χ1v) is 10.4. The van der Waals surface area contributed by atoms with Crippen molar-refractivity contribution < 1.29 is 9.53 Å². The van der Waals surface area contributed by atoms with E-state index >= 15 is 0 Å². The molecule has 4 heteroatoms. The van der Waals surface area contributed by atoms with Crippen LogP contribution < -0.4 is 10.1 Å². The molecule has 3 aromatic carbocycles. The van der Waals surface area contributed by atoms with Gasteiger partial charge in [0.2, 0.25) is 0 Å². The molecule has 0 radical (unpaired) electrons. The van der Waals surface area contributed by atoms with Gasteiger partial charge in [0.1, 0.15) is 5.75 Å². The highest BCUT2D eigenvalue weighted by atomic mass is 16.5. The van der Waals surface area contributed by atoms with E-state index in [0.29, 0.717) is 12.1 Å². The molecule has 0 unspecified atom stereocenters. The number of amides is 1. The maximum atomic E-state index is 13.2. The molecule has 1 N–H and O–H groups in total. The summed E-state index contributed by atoms with van der Waals surface area (Å²) < 4.78 is 5.20. The van der Waals surface area contributed by atoms with Crippen molar-refractivity contribution in [3.63, 3.8) is 0 Å². The zero-order chi connectivity index (χ0) is 21.8. The zero-order valence-corrected chi connectivity index (χ0v) is 18.1. The van der Waals surface area contributed by atoms with Crippen molar-refractivity contribution in [1.29, 1.82) is 0 Å². The van der Waals surface area contributed by atoms with Crippen LogP contribution in [0.5, 0.6) is 5.75 Å². The van der Waals surface area contributed by atoms with Gasteiger partial charge in [-0.05, 0) is 49.6 Å². The van der Waals surface area contributed by atoms with Crippen LogP contribution in [0.4, 0.5) is 0 Å². The molecule has 4 rings (SSSR count). The van der Waals surface area contributed by atoms with Crippen molar-refractivity contribution in [2.45, 2.75) is 20.3 Å². The van der Waals surface area contributed by atoms with Gasteiger partial charge in [0.05, 0.1) is 23.9 Å². The number of benzene rings is 3. The fraction of sp³-hybridized carbons (Fsp3) is 0.185. The predicted octanol–water partition coefficient (Wildman–Crippen LogP) is 5.50. The fourth-order valence-corrected chi connectivity index (χ4v) is 3.79. The lowest BCUT2D eigenvalue weighted by molar-refractivity contribution is 0.0955. The summed E-state index contributed by atoms with van der Waals surface area (Å²) in [4.78, 5) is 18.1. The highest BCUT2D eigenvalue weighted by Crippen LogP contribution is 2.29. The minimum Gasteiger partial charge on any atom is -0.497 e. The van der Waals surface area contributed by atoms with Gasteiger partial charge in [0, 0.05) is 17.5 Å². The van der Waals surface area contributed by atoms with Gasteiger partial charge in [-0.3, -0.25) is 4.79 Å². The fourth-order valence-electron chi connectivity index (χ4n) is 3.79. The Labute approximate surface area is 182 Å². The highest BCUT2D eigenvalue weighted by Gasteiger charge is 2.18. The molecule has 0 fully saturated rings. The molecule has 4 aromatic rings. The summed E-state index contributed by atoms with van der Waals surface area (Å²) in [5.74, 6) is 0.758. The molecule has 0 bridgehead atoms. The van der Waals surface area contributed by atoms with Crippen molar-refractivity contribution in [2.24, 2.45) is 0 Å². The van der Waals surface area contributed by atoms with E-state index < -0.39 is 0 Å². The molecule has 0 aliphatic carbocycles. The number of rotatable bonds is 6. The molecular formula is C27H26N2O2. The molecule has 156 valence electrons. The molecule has 1 amide bonds. The highest BCUT2D eigenvalue weighted by molar-refractivity contribution is 6.08. The molecule has 0 spiro atoms. The van der Waals surface area contributed by atoms with E-state index in [0.717, 1.165) is 45.5 Å². The average molecular weight is 411 g/mol. The largest absolute Gasteiger partial charge is 0.497 e. The van der Waals surface area contributed by atoms with Crippen LogP contribution in [0.2, 0.25) is 0 Å². The Morgan fingerprint density at radius 3 is 2.35 bits per heavy atom. The van der Waals surface area contributed by atoms with E-state index in [9.17, 15) is 4.79 Å². The van der Waals surface area contributed by atoms with E-state index in [1.165, 1.54) is 5.56 Å². The van der Waals surface area contributed by atoms with Crippen LogP contribution in [0.25, 0.3) is 22.2 Å². The number of aromatic nitrogens is 1. The Bertz CT molecular complexity index is 1210. The van der Waals surface area contributed by atoms with Gasteiger partial charge >= 0.3 is 0 Å². The molecule has 0 atom stereocenters. The summed E-state index contributed by atoms with van der Waals surface area (Å²) in [5.41, 5.74) is 6.61. The summed E-state index contributed by atoms with van der Waals surface area (Å²) in [5, 5.41) is 3.97. The Balaban J connectivity index is 1.62. The maximum Gasteiger partial charge on any atom is 0.252 e. The Hall–Kier alpha value is -3.66. The number of nitrogens with one attached hydrogen (secondary N) is 1. The topological polar surface area (TPSA) is 51.2 Å². The van der Waals surface area contributed by atoms with Crippen molar-refractivity contribution in [2.75, 3.05) is 13.7 Å². The SMILES string of the molecule is COc1ccc(CCNC(=O)c2c(C)c(-c3ccc(C)cc3)nc3ccccc23)cc1. The number of carbonyl (C=O) groups is 1. The summed E-state index contributed by atoms with van der Waals surface area (Å²) in [7, 11) is 1.65. The molecule has 31 heavy (non-hydrogen) atoms. The van der Waals surface area contributed by atoms with Gasteiger partial charge in [-0.2, -0.15) is 0 Å². The van der Waals surface area contributed by atoms with Crippen LogP contribution >= 0.6 is 0 Å². The third kappa shape index (κ3) is 4.43. The van der Waals surface area contributed by atoms with Crippen LogP contribution in [0, 0.1) is 13.8 Å². The molecule has 4 nitrogen and oxygen atoms in total. The van der Waals surface area contributed by atoms with Crippen LogP contribution in [-0.4, -0.2) is 24.5 Å². The number of ether oxygens (including phenoxy) is 1. The summed E-state index contributed by atoms with van der Waals surface area (Å²) in [6.45, 7) is 4.60. The second-order valence-corrected chi connectivity index (χ2v) is 7.70. The number of fused-ring (bicyclic) bond motifs is 1. The molecule has 0 aliphatic rings. The van der Waals surface area contributed by atoms with E-state index in [1.807, 2.05) is 55.5 Å². The molecule has 1 heterocycles. The van der Waals surface area contributed by atoms with Gasteiger partial charge in [0.15, 0.2) is 0 Å². The van der Waals surface area contributed by atoms with Crippen molar-refractivity contribution in [3.05, 3.63) is 95.1 Å². The van der Waals surface area contributed by atoms with Crippen molar-refractivity contribution in [3.8, 4) is 17.0 Å². The Morgan fingerprint density at radius 2 is 1.65 bits per heavy atom. The second kappa shape index (κ2) is 9.00. The zero-order valence-electron chi connectivity index (χ0n) is 18.1. The molecule has 0 aliphatic heterocycles. The third-order valence-corrected chi connectivity index (χ3v) is 5.55. The molecular weight excluding hydrogens is 384 g/mol. The number of carbonyl (C=O) groups excluding carboxylic acids is 1. The first-order valence-electron chi connectivity index (χ1n) is 10.4. The summed E-state index contributed by atoms with van der Waals surface area (Å²) >= 11 is 0. The van der Waals surface area contributed by atoms with Gasteiger partial charge in [-0.1, -0.05) is 60.2 Å². The number of methoxy groups -OCH3 is 1. The Morgan fingerprint density at radius 1 is 0.935 bits per heavy atom. The predicted molar refractivity (Wildman–Crippen MR) is 126 cm³/mol. The number of hydrogen-bond acceptors (Lipinski definition) is 3. The quantitative estimate of drug-likeness (QED) is 0.457. The number of pyridine rings is 1. The van der Waals surface area contributed by atoms with E-state index in [2.05, 4.69) is 36.5 Å². The average Bonchev–Trinajstić information content (AvgIpc) is 2.79. The van der Waals surface area contributed by atoms with Gasteiger partial charge in [0.25, 0.3) is 5.91 Å². The Kier molecular flexibility index (Phi) is 5.99. The van der Waals surface area contributed by atoms with Crippen molar-refractivity contribution in [1.82, 2.24) is 10.3 Å². The van der Waals surface area contributed by atoms with Gasteiger partial charge < -0.3 is 10.1 Å². The minimum atomic E-state index is -0.0713. The lowest BCUT2D eigenvalue weighted by atomic mass is 9.96. The van der Waals surface area contributed by atoms with E-state index in [-0.39, 0.29) is 5.91 Å². The number of nitrogens with zero attached hydrogens (tertiary/aromatic N) is 1. The monoisotopic (exact) mass is 410 g/mol. The lowest BCUT2D eigenvalue weighted by Gasteiger charge is -2.15. The van der Waals surface area contributed by atoms with Crippen LogP contribution in [0.3, 0.4) is 0 Å². The number of hydrogen-bond donors (Lipinski definition) is 1. The second-order valence-electron chi connectivity index (χ2n) is 7.70. The summed E-state index contributed by atoms with van der Waals surface area (Å²) in [6, 6.07) is 24.0. The minimum absolute atomic E-state index is 0.0713. The number of para-hydroxylation sites is 1. The first-order chi connectivity index (χ1) is 15.1. The first kappa shape index (κ1) is 20.6. The molecule has 0 saturated heterocycles. The molecule has 1 aromatic heterocycles. The normalized spacial score (nSPS) is 10.8. The lowest BCUT2D eigenvalue weighted by Crippen LogP contribution is -2.27. The van der Waals surface area contributed by atoms with Crippen LogP contribution in [0.15, 0.2) is 72.8 Å². The maximum absolute atomic E-state index is 13.2. The van der Waals surface area contributed by atoms with Gasteiger partial charge in [-0.15, -0.1) is 0 Å². The van der Waals surface area contributed by atoms with Crippen LogP contribution in [0.1, 0.15) is 27.0 Å². The van der Waals surface area contributed by atoms with E-state index in [4.69, 9.17) is 9.72 Å². The van der Waals surface area contributed by atoms with Crippen LogP contribution in [-0.2, 0) is 6.42 Å². The third-order valence-electron chi connectivity index (χ3n) is 5.55. The smallest absolute Gasteiger partial charge is 0.252 e. The van der Waals surface area contributed by atoms with E-state index in [1.54, 1.807) is 7.11 Å². The van der Waals surface area contributed by atoms with Crippen molar-refractivity contribution >= 4 is 16.8 Å². The standard InChI is InChI=1S/C27H26N2O2/c1-18-8-12-21(13-9-18)26-19(2)25(23-6-4-5-7-24(23)29-26)27(30)28-17-16-20-10-14-22(31-3)15-11-20/h4-15H,16-17H2,1-3H3,(H,28,30). The molecule has 0 saturated carbocycles. The number of aryl methyl sites for hydroxylation is 1. The summed E-state index contributed by atoms with van der Waals surface area (Å²) in [6.07, 6.45) is 0.753.